The van der Waals surface area contributed by atoms with Crippen molar-refractivity contribution in [3.8, 4) is 0 Å². The number of hydrogen-bond acceptors (Lipinski definition) is 2. The van der Waals surface area contributed by atoms with Gasteiger partial charge in [0.2, 0.25) is 0 Å². The third-order valence-electron chi connectivity index (χ3n) is 4.91. The molecule has 0 heterocycles. The summed E-state index contributed by atoms with van der Waals surface area (Å²) in [6.45, 7) is 20.5. The minimum Gasteiger partial charge on any atom is -0.414 e. The molecule has 0 unspecified atom stereocenters. The molecule has 0 aliphatic heterocycles. The van der Waals surface area contributed by atoms with Crippen molar-refractivity contribution in [2.24, 2.45) is 0 Å². The Morgan fingerprint density at radius 2 is 0.850 bits per heavy atom. The molecule has 0 N–H and O–H groups in total. The van der Waals surface area contributed by atoms with Gasteiger partial charge in [0, 0.05) is 12.2 Å². The second-order valence-corrected chi connectivity index (χ2v) is 16.5. The van der Waals surface area contributed by atoms with Gasteiger partial charge in [0.1, 0.15) is 0 Å². The van der Waals surface area contributed by atoms with Crippen LogP contribution in [0.15, 0.2) is 0 Å². The van der Waals surface area contributed by atoms with E-state index in [1.807, 2.05) is 0 Å². The van der Waals surface area contributed by atoms with Crippen LogP contribution in [0.4, 0.5) is 0 Å². The fraction of sp³-hybridized carbons (Fsp3) is 1.00. The topological polar surface area (TPSA) is 18.5 Å². The Hall–Kier alpha value is 0.354. The van der Waals surface area contributed by atoms with Crippen LogP contribution in [-0.4, -0.2) is 28.8 Å². The van der Waals surface area contributed by atoms with Gasteiger partial charge in [-0.3, -0.25) is 0 Å². The lowest BCUT2D eigenvalue weighted by Crippen LogP contribution is -2.57. The Bertz CT molecular complexity index is 233. The summed E-state index contributed by atoms with van der Waals surface area (Å²) in [6, 6.07) is 4.83. The Morgan fingerprint density at radius 1 is 0.600 bits per heavy atom. The highest BCUT2D eigenvalue weighted by Crippen LogP contribution is 2.43. The van der Waals surface area contributed by atoms with E-state index >= 15 is 0 Å². The zero-order valence-electron chi connectivity index (χ0n) is 15.4. The minimum absolute atomic E-state index is 0.337. The second kappa shape index (κ2) is 8.71. The summed E-state index contributed by atoms with van der Waals surface area (Å²) >= 11 is 0. The monoisotopic (exact) mass is 318 g/mol. The molecule has 122 valence electrons. The number of rotatable bonds is 10. The molecule has 0 saturated carbocycles. The summed E-state index contributed by atoms with van der Waals surface area (Å²) in [7, 11) is -3.43. The SMILES string of the molecule is CC[Si](CC)(OC(C)C)C(C)[Si](CC)(CC)OC(C)C. The zero-order valence-corrected chi connectivity index (χ0v) is 17.4. The lowest BCUT2D eigenvalue weighted by atomic mass is 10.5. The van der Waals surface area contributed by atoms with Gasteiger partial charge in [-0.25, -0.2) is 0 Å². The maximum Gasteiger partial charge on any atom is 0.195 e. The first kappa shape index (κ1) is 20.4. The van der Waals surface area contributed by atoms with Crippen molar-refractivity contribution >= 4 is 16.6 Å². The summed E-state index contributed by atoms with van der Waals surface area (Å²) in [4.78, 5) is 0. The van der Waals surface area contributed by atoms with E-state index in [2.05, 4.69) is 62.3 Å². The van der Waals surface area contributed by atoms with Gasteiger partial charge in [0.15, 0.2) is 16.6 Å². The predicted octanol–water partition coefficient (Wildman–Crippen LogP) is 5.74. The van der Waals surface area contributed by atoms with Crippen LogP contribution in [0.5, 0.6) is 0 Å². The maximum absolute atomic E-state index is 6.58. The van der Waals surface area contributed by atoms with Gasteiger partial charge in [-0.2, -0.15) is 0 Å². The van der Waals surface area contributed by atoms with E-state index in [1.165, 1.54) is 24.2 Å². The highest BCUT2D eigenvalue weighted by molar-refractivity contribution is 6.93. The average Bonchev–Trinajstić information content (AvgIpc) is 2.41. The van der Waals surface area contributed by atoms with Gasteiger partial charge >= 0.3 is 0 Å². The quantitative estimate of drug-likeness (QED) is 0.478. The van der Waals surface area contributed by atoms with Gasteiger partial charge in [-0.1, -0.05) is 34.6 Å². The van der Waals surface area contributed by atoms with E-state index in [0.29, 0.717) is 17.4 Å². The van der Waals surface area contributed by atoms with Crippen molar-refractivity contribution in [2.75, 3.05) is 0 Å². The predicted molar refractivity (Wildman–Crippen MR) is 95.3 cm³/mol. The maximum atomic E-state index is 6.58. The molecular weight excluding hydrogens is 280 g/mol. The van der Waals surface area contributed by atoms with Crippen LogP contribution in [-0.2, 0) is 8.85 Å². The molecule has 2 nitrogen and oxygen atoms in total. The highest BCUT2D eigenvalue weighted by Gasteiger charge is 2.51. The van der Waals surface area contributed by atoms with E-state index in [1.54, 1.807) is 0 Å². The summed E-state index contributed by atoms with van der Waals surface area (Å²) in [6.07, 6.45) is 0.673. The molecule has 20 heavy (non-hydrogen) atoms. The third-order valence-corrected chi connectivity index (χ3v) is 17.9. The van der Waals surface area contributed by atoms with E-state index in [9.17, 15) is 0 Å². The third kappa shape index (κ3) is 4.68. The second-order valence-electron chi connectivity index (χ2n) is 6.60. The molecule has 0 radical (unpaired) electrons. The highest BCUT2D eigenvalue weighted by atomic mass is 28.4. The van der Waals surface area contributed by atoms with Crippen molar-refractivity contribution in [3.05, 3.63) is 0 Å². The van der Waals surface area contributed by atoms with E-state index in [-0.39, 0.29) is 0 Å². The van der Waals surface area contributed by atoms with Gasteiger partial charge in [0.05, 0.1) is 0 Å². The van der Waals surface area contributed by atoms with Gasteiger partial charge in [-0.15, -0.1) is 0 Å². The van der Waals surface area contributed by atoms with Crippen molar-refractivity contribution < 1.29 is 8.85 Å². The molecular formula is C16H38O2Si2. The molecule has 0 aliphatic rings. The van der Waals surface area contributed by atoms with Crippen molar-refractivity contribution in [2.45, 2.75) is 104 Å². The van der Waals surface area contributed by atoms with Gasteiger partial charge in [0.25, 0.3) is 0 Å². The molecule has 0 spiro atoms. The van der Waals surface area contributed by atoms with Crippen LogP contribution >= 0.6 is 0 Å². The summed E-state index contributed by atoms with van der Waals surface area (Å²) in [5, 5.41) is 0.657. The van der Waals surface area contributed by atoms with Crippen LogP contribution in [0.25, 0.3) is 0 Å². The molecule has 0 atom stereocenters. The van der Waals surface area contributed by atoms with Crippen LogP contribution in [0.2, 0.25) is 29.3 Å². The molecule has 0 aromatic rings. The Balaban J connectivity index is 5.50. The van der Waals surface area contributed by atoms with E-state index < -0.39 is 16.6 Å². The fourth-order valence-corrected chi connectivity index (χ4v) is 16.8. The first-order chi connectivity index (χ1) is 9.23. The van der Waals surface area contributed by atoms with Crippen molar-refractivity contribution in [3.63, 3.8) is 0 Å². The first-order valence-corrected chi connectivity index (χ1v) is 13.4. The normalized spacial score (nSPS) is 13.8. The molecule has 0 fully saturated rings. The lowest BCUT2D eigenvalue weighted by Gasteiger charge is -2.46. The van der Waals surface area contributed by atoms with E-state index in [0.717, 1.165) is 0 Å². The number of hydrogen-bond donors (Lipinski definition) is 0. The van der Waals surface area contributed by atoms with Crippen LogP contribution in [0.3, 0.4) is 0 Å². The average molecular weight is 319 g/mol. The molecule has 0 saturated heterocycles. The first-order valence-electron chi connectivity index (χ1n) is 8.59. The Morgan fingerprint density at radius 3 is 1.00 bits per heavy atom. The molecule has 0 aromatic carbocycles. The molecule has 0 amide bonds. The van der Waals surface area contributed by atoms with Crippen molar-refractivity contribution in [1.82, 2.24) is 0 Å². The summed E-state index contributed by atoms with van der Waals surface area (Å²) < 4.78 is 13.2. The minimum atomic E-state index is -1.72. The standard InChI is InChI=1S/C16H38O2Si2/c1-10-19(11-2,17-14(5)6)16(9)20(12-3,13-4)18-15(7)8/h14-16H,10-13H2,1-9H3. The van der Waals surface area contributed by atoms with Crippen molar-refractivity contribution in [1.29, 1.82) is 0 Å². The van der Waals surface area contributed by atoms with Crippen LogP contribution in [0.1, 0.15) is 62.3 Å². The van der Waals surface area contributed by atoms with Gasteiger partial charge in [-0.05, 0) is 57.0 Å². The zero-order chi connectivity index (χ0) is 16.0. The van der Waals surface area contributed by atoms with Gasteiger partial charge < -0.3 is 8.85 Å². The Kier molecular flexibility index (Phi) is 8.87. The molecule has 0 bridgehead atoms. The Labute approximate surface area is 129 Å². The lowest BCUT2D eigenvalue weighted by molar-refractivity contribution is 0.206. The smallest absolute Gasteiger partial charge is 0.195 e. The summed E-state index contributed by atoms with van der Waals surface area (Å²) in [5.41, 5.74) is 0. The molecule has 0 rings (SSSR count). The van der Waals surface area contributed by atoms with Crippen LogP contribution in [0, 0.1) is 0 Å². The van der Waals surface area contributed by atoms with E-state index in [4.69, 9.17) is 8.85 Å². The molecule has 0 aliphatic carbocycles. The largest absolute Gasteiger partial charge is 0.414 e. The molecule has 4 heteroatoms. The molecule has 0 aromatic heterocycles. The van der Waals surface area contributed by atoms with Crippen LogP contribution < -0.4 is 0 Å². The summed E-state index contributed by atoms with van der Waals surface area (Å²) in [5.74, 6) is 0. The fourth-order valence-electron chi connectivity index (χ4n) is 3.68.